The van der Waals surface area contributed by atoms with E-state index in [1.807, 2.05) is 51.1 Å². The maximum Gasteiger partial charge on any atom is 0.435 e. The van der Waals surface area contributed by atoms with E-state index in [-0.39, 0.29) is 36.1 Å². The summed E-state index contributed by atoms with van der Waals surface area (Å²) in [5.41, 5.74) is 7.46. The summed E-state index contributed by atoms with van der Waals surface area (Å²) < 4.78 is 16.3. The highest BCUT2D eigenvalue weighted by Gasteiger charge is 2.25. The van der Waals surface area contributed by atoms with E-state index in [1.54, 1.807) is 24.3 Å². The quantitative estimate of drug-likeness (QED) is 0.204. The van der Waals surface area contributed by atoms with Crippen molar-refractivity contribution < 1.29 is 28.3 Å². The highest BCUT2D eigenvalue weighted by Crippen LogP contribution is 2.29. The lowest BCUT2D eigenvalue weighted by molar-refractivity contribution is -0.155. The molecular formula is C31H37N3O6. The smallest absolute Gasteiger partial charge is 0.435 e. The predicted molar refractivity (Wildman–Crippen MR) is 152 cm³/mol. The number of aliphatic imine (C=N–C) groups is 1. The standard InChI is InChI=1S/C31H37N3O6/c1-31(2,3)40-27(35)16-11-20-9-13-24(14-10-20)33-29(36)26-18-23-17-22(12-15-25(23)39-26)28(32)34-30(37)38-19-21-7-5-4-6-8-21/h4-8,12,15,17-18,20,24H,9-11,13-14,16,19H2,1-3H3,(H,33,36)(H2,32,34,37). The van der Waals surface area contributed by atoms with Crippen LogP contribution in [-0.2, 0) is 20.9 Å². The molecule has 2 aromatic carbocycles. The van der Waals surface area contributed by atoms with Crippen molar-refractivity contribution in [2.24, 2.45) is 16.6 Å². The van der Waals surface area contributed by atoms with E-state index in [1.165, 1.54) is 0 Å². The fourth-order valence-electron chi connectivity index (χ4n) is 4.80. The van der Waals surface area contributed by atoms with E-state index in [0.717, 1.165) is 37.7 Å². The van der Waals surface area contributed by atoms with Gasteiger partial charge < -0.3 is 24.9 Å². The number of nitrogens with one attached hydrogen (secondary N) is 1. The molecule has 0 bridgehead atoms. The Labute approximate surface area is 234 Å². The minimum Gasteiger partial charge on any atom is -0.460 e. The van der Waals surface area contributed by atoms with E-state index < -0.39 is 11.7 Å². The number of nitrogens with zero attached hydrogens (tertiary/aromatic N) is 1. The number of nitrogens with two attached hydrogens (primary N) is 1. The summed E-state index contributed by atoms with van der Waals surface area (Å²) in [6.45, 7) is 5.71. The van der Waals surface area contributed by atoms with Gasteiger partial charge in [0, 0.05) is 23.4 Å². The Bertz CT molecular complexity index is 1360. The highest BCUT2D eigenvalue weighted by atomic mass is 16.6. The summed E-state index contributed by atoms with van der Waals surface area (Å²) in [7, 11) is 0. The first kappa shape index (κ1) is 28.9. The number of ether oxygens (including phenoxy) is 2. The van der Waals surface area contributed by atoms with Crippen molar-refractivity contribution in [2.45, 2.75) is 77.5 Å². The Morgan fingerprint density at radius 2 is 1.75 bits per heavy atom. The Kier molecular flexibility index (Phi) is 9.24. The molecule has 1 fully saturated rings. The number of rotatable bonds is 8. The van der Waals surface area contributed by atoms with Crippen LogP contribution in [0.1, 0.15) is 81.0 Å². The maximum atomic E-state index is 12.9. The summed E-state index contributed by atoms with van der Waals surface area (Å²) >= 11 is 0. The molecule has 2 amide bonds. The van der Waals surface area contributed by atoms with Crippen LogP contribution in [0.25, 0.3) is 11.0 Å². The minimum atomic E-state index is -0.784. The lowest BCUT2D eigenvalue weighted by Crippen LogP contribution is -2.37. The summed E-state index contributed by atoms with van der Waals surface area (Å²) in [6, 6.07) is 16.1. The van der Waals surface area contributed by atoms with E-state index >= 15 is 0 Å². The van der Waals surface area contributed by atoms with Crippen LogP contribution in [-0.4, -0.2) is 35.4 Å². The summed E-state index contributed by atoms with van der Waals surface area (Å²) in [6.07, 6.45) is 4.04. The molecule has 212 valence electrons. The van der Waals surface area contributed by atoms with Crippen LogP contribution in [0.3, 0.4) is 0 Å². The average molecular weight is 548 g/mol. The van der Waals surface area contributed by atoms with Crippen molar-refractivity contribution in [3.8, 4) is 0 Å². The lowest BCUT2D eigenvalue weighted by Gasteiger charge is -2.29. The number of esters is 1. The zero-order chi connectivity index (χ0) is 28.7. The summed E-state index contributed by atoms with van der Waals surface area (Å²) in [5, 5.41) is 3.74. The maximum absolute atomic E-state index is 12.9. The predicted octanol–water partition coefficient (Wildman–Crippen LogP) is 5.89. The van der Waals surface area contributed by atoms with Crippen LogP contribution in [0.4, 0.5) is 4.79 Å². The molecule has 4 rings (SSSR count). The van der Waals surface area contributed by atoms with Gasteiger partial charge in [-0.3, -0.25) is 9.59 Å². The summed E-state index contributed by atoms with van der Waals surface area (Å²) in [5.74, 6) is 0.230. The fourth-order valence-corrected chi connectivity index (χ4v) is 4.80. The van der Waals surface area contributed by atoms with Gasteiger partial charge in [-0.05, 0) is 88.6 Å². The van der Waals surface area contributed by atoms with Crippen LogP contribution in [0.5, 0.6) is 0 Å². The molecule has 1 heterocycles. The molecular weight excluding hydrogens is 510 g/mol. The first-order chi connectivity index (χ1) is 19.1. The van der Waals surface area contributed by atoms with Crippen molar-refractivity contribution in [2.75, 3.05) is 0 Å². The van der Waals surface area contributed by atoms with Crippen LogP contribution in [0.15, 0.2) is 64.0 Å². The van der Waals surface area contributed by atoms with Gasteiger partial charge in [-0.15, -0.1) is 0 Å². The number of carbonyl (C=O) groups excluding carboxylic acids is 3. The Morgan fingerprint density at radius 3 is 2.45 bits per heavy atom. The number of fused-ring (bicyclic) bond motifs is 1. The first-order valence-corrected chi connectivity index (χ1v) is 13.7. The van der Waals surface area contributed by atoms with Crippen LogP contribution in [0.2, 0.25) is 0 Å². The van der Waals surface area contributed by atoms with Crippen molar-refractivity contribution in [3.63, 3.8) is 0 Å². The zero-order valence-corrected chi connectivity index (χ0v) is 23.3. The SMILES string of the molecule is CC(C)(C)OC(=O)CCC1CCC(NC(=O)c2cc3cc(C(N)=NC(=O)OCc4ccccc4)ccc3o2)CC1. The normalized spacial score (nSPS) is 17.8. The van der Waals surface area contributed by atoms with Crippen LogP contribution in [0, 0.1) is 5.92 Å². The molecule has 1 aromatic heterocycles. The molecule has 40 heavy (non-hydrogen) atoms. The number of carbonyl (C=O) groups is 3. The van der Waals surface area contributed by atoms with Gasteiger partial charge in [-0.1, -0.05) is 30.3 Å². The van der Waals surface area contributed by atoms with E-state index in [2.05, 4.69) is 10.3 Å². The second kappa shape index (κ2) is 12.8. The molecule has 1 saturated carbocycles. The molecule has 1 aliphatic rings. The molecule has 1 aliphatic carbocycles. The fraction of sp³-hybridized carbons (Fsp3) is 0.419. The van der Waals surface area contributed by atoms with Crippen molar-refractivity contribution in [1.82, 2.24) is 5.32 Å². The third-order valence-corrected chi connectivity index (χ3v) is 6.81. The molecule has 0 spiro atoms. The molecule has 9 heteroatoms. The van der Waals surface area contributed by atoms with Crippen molar-refractivity contribution >= 4 is 34.8 Å². The van der Waals surface area contributed by atoms with Gasteiger partial charge in [-0.2, -0.15) is 4.99 Å². The largest absolute Gasteiger partial charge is 0.460 e. The monoisotopic (exact) mass is 547 g/mol. The van der Waals surface area contributed by atoms with E-state index in [0.29, 0.717) is 28.9 Å². The van der Waals surface area contributed by atoms with Crippen molar-refractivity contribution in [3.05, 3.63) is 71.5 Å². The second-order valence-electron chi connectivity index (χ2n) is 11.2. The second-order valence-corrected chi connectivity index (χ2v) is 11.2. The molecule has 0 atom stereocenters. The van der Waals surface area contributed by atoms with Crippen molar-refractivity contribution in [1.29, 1.82) is 0 Å². The number of amides is 2. The molecule has 0 aliphatic heterocycles. The molecule has 0 unspecified atom stereocenters. The number of hydrogen-bond acceptors (Lipinski definition) is 6. The molecule has 0 saturated heterocycles. The van der Waals surface area contributed by atoms with Gasteiger partial charge in [0.15, 0.2) is 5.76 Å². The van der Waals surface area contributed by atoms with Crippen LogP contribution < -0.4 is 11.1 Å². The number of amidine groups is 1. The topological polar surface area (TPSA) is 133 Å². The van der Waals surface area contributed by atoms with Gasteiger partial charge in [-0.25, -0.2) is 4.79 Å². The third-order valence-electron chi connectivity index (χ3n) is 6.81. The Hall–Kier alpha value is -4.14. The highest BCUT2D eigenvalue weighted by molar-refractivity contribution is 6.05. The molecule has 0 radical (unpaired) electrons. The number of benzene rings is 2. The first-order valence-electron chi connectivity index (χ1n) is 13.7. The van der Waals surface area contributed by atoms with Gasteiger partial charge >= 0.3 is 12.1 Å². The average Bonchev–Trinajstić information content (AvgIpc) is 3.35. The Morgan fingerprint density at radius 1 is 1.02 bits per heavy atom. The number of furan rings is 1. The summed E-state index contributed by atoms with van der Waals surface area (Å²) in [4.78, 5) is 40.8. The zero-order valence-electron chi connectivity index (χ0n) is 23.3. The van der Waals surface area contributed by atoms with Gasteiger partial charge in [0.25, 0.3) is 5.91 Å². The minimum absolute atomic E-state index is 0.00981. The van der Waals surface area contributed by atoms with Gasteiger partial charge in [0.05, 0.1) is 0 Å². The van der Waals surface area contributed by atoms with E-state index in [4.69, 9.17) is 19.6 Å². The van der Waals surface area contributed by atoms with Crippen LogP contribution >= 0.6 is 0 Å². The lowest BCUT2D eigenvalue weighted by atomic mass is 9.83. The van der Waals surface area contributed by atoms with E-state index in [9.17, 15) is 14.4 Å². The molecule has 3 N–H and O–H groups in total. The molecule has 9 nitrogen and oxygen atoms in total. The van der Waals surface area contributed by atoms with Gasteiger partial charge in [0.2, 0.25) is 0 Å². The number of hydrogen-bond donors (Lipinski definition) is 2. The molecule has 3 aromatic rings. The third kappa shape index (κ3) is 8.43. The Balaban J connectivity index is 1.27. The van der Waals surface area contributed by atoms with Gasteiger partial charge in [0.1, 0.15) is 23.6 Å².